The molecule has 1 saturated heterocycles. The van der Waals surface area contributed by atoms with Crippen molar-refractivity contribution in [1.29, 1.82) is 0 Å². The minimum atomic E-state index is 0.0929. The Balaban J connectivity index is 2.34. The maximum Gasteiger partial charge on any atom is 0.134 e. The zero-order valence-corrected chi connectivity index (χ0v) is 14.3. The van der Waals surface area contributed by atoms with Gasteiger partial charge in [0.05, 0.1) is 9.61 Å². The molecular weight excluding hydrogens is 454 g/mol. The van der Waals surface area contributed by atoms with Gasteiger partial charge in [0.1, 0.15) is 5.75 Å². The highest BCUT2D eigenvalue weighted by atomic mass is 127. The summed E-state index contributed by atoms with van der Waals surface area (Å²) in [7, 11) is 0. The molecule has 18 heavy (non-hydrogen) atoms. The summed E-state index contributed by atoms with van der Waals surface area (Å²) in [5.74, 6) is 0.388. The average Bonchev–Trinajstić information content (AvgIpc) is 2.37. The van der Waals surface area contributed by atoms with E-state index in [1.54, 1.807) is 0 Å². The van der Waals surface area contributed by atoms with E-state index in [4.69, 9.17) is 0 Å². The van der Waals surface area contributed by atoms with Gasteiger partial charge in [0.2, 0.25) is 0 Å². The monoisotopic (exact) mass is 470 g/mol. The van der Waals surface area contributed by atoms with Gasteiger partial charge in [0.25, 0.3) is 0 Å². The zero-order valence-electron chi connectivity index (χ0n) is 10.00. The Morgan fingerprint density at radius 3 is 2.61 bits per heavy atom. The van der Waals surface area contributed by atoms with E-state index in [9.17, 15) is 5.11 Å². The largest absolute Gasteiger partial charge is 0.506 e. The van der Waals surface area contributed by atoms with E-state index in [-0.39, 0.29) is 6.04 Å². The number of benzene rings is 1. The second-order valence-corrected chi connectivity index (χ2v) is 6.70. The van der Waals surface area contributed by atoms with Gasteiger partial charge in [-0.05, 0) is 57.3 Å². The molecule has 98 valence electrons. The summed E-state index contributed by atoms with van der Waals surface area (Å²) in [4.78, 5) is 2.35. The normalized spacial score (nSPS) is 18.6. The SMILES string of the molecule is C=C[C@@H](c1cc(I)cc(I)c1O)N1CCNCC1. The van der Waals surface area contributed by atoms with Gasteiger partial charge < -0.3 is 10.4 Å². The molecule has 0 bridgehead atoms. The van der Waals surface area contributed by atoms with Crippen LogP contribution >= 0.6 is 45.2 Å². The third kappa shape index (κ3) is 3.17. The molecule has 0 aliphatic carbocycles. The lowest BCUT2D eigenvalue weighted by atomic mass is 10.0. The fraction of sp³-hybridized carbons (Fsp3) is 0.385. The van der Waals surface area contributed by atoms with Crippen molar-refractivity contribution in [2.75, 3.05) is 26.2 Å². The van der Waals surface area contributed by atoms with Crippen molar-refractivity contribution < 1.29 is 5.11 Å². The van der Waals surface area contributed by atoms with Crippen LogP contribution in [0.3, 0.4) is 0 Å². The van der Waals surface area contributed by atoms with Gasteiger partial charge >= 0.3 is 0 Å². The molecule has 2 N–H and O–H groups in total. The lowest BCUT2D eigenvalue weighted by Crippen LogP contribution is -2.44. The summed E-state index contributed by atoms with van der Waals surface area (Å²) in [6, 6.07) is 4.12. The molecular formula is C13H16I2N2O. The van der Waals surface area contributed by atoms with E-state index in [2.05, 4.69) is 62.0 Å². The molecule has 2 rings (SSSR count). The minimum absolute atomic E-state index is 0.0929. The first-order valence-corrected chi connectivity index (χ1v) is 8.04. The molecule has 1 fully saturated rings. The Morgan fingerprint density at radius 1 is 1.33 bits per heavy atom. The summed E-state index contributed by atoms with van der Waals surface area (Å²) in [6.07, 6.45) is 1.92. The standard InChI is InChI=1S/C13H16I2N2O/c1-2-12(17-5-3-16-4-6-17)10-7-9(14)8-11(15)13(10)18/h2,7-8,12,16,18H,1,3-6H2/t12-/m0/s1. The Kier molecular flexibility index (Phi) is 5.28. The van der Waals surface area contributed by atoms with Crippen LogP contribution in [0, 0.1) is 7.14 Å². The van der Waals surface area contributed by atoms with Crippen LogP contribution in [0.4, 0.5) is 0 Å². The number of piperazine rings is 1. The quantitative estimate of drug-likeness (QED) is 0.528. The van der Waals surface area contributed by atoms with Crippen LogP contribution in [0.15, 0.2) is 24.8 Å². The van der Waals surface area contributed by atoms with Crippen LogP contribution in [-0.2, 0) is 0 Å². The zero-order chi connectivity index (χ0) is 13.1. The Bertz CT molecular complexity index is 445. The van der Waals surface area contributed by atoms with Gasteiger partial charge in [-0.15, -0.1) is 6.58 Å². The smallest absolute Gasteiger partial charge is 0.134 e. The van der Waals surface area contributed by atoms with Gasteiger partial charge in [0, 0.05) is 35.3 Å². The summed E-state index contributed by atoms with van der Waals surface area (Å²) in [5, 5.41) is 13.6. The van der Waals surface area contributed by atoms with Crippen molar-refractivity contribution in [1.82, 2.24) is 10.2 Å². The maximum absolute atomic E-state index is 10.3. The number of aromatic hydroxyl groups is 1. The molecule has 0 saturated carbocycles. The third-order valence-corrected chi connectivity index (χ3v) is 4.59. The fourth-order valence-electron chi connectivity index (χ4n) is 2.24. The summed E-state index contributed by atoms with van der Waals surface area (Å²) < 4.78 is 2.04. The molecule has 0 radical (unpaired) electrons. The van der Waals surface area contributed by atoms with Crippen LogP contribution in [0.1, 0.15) is 11.6 Å². The molecule has 1 aromatic carbocycles. The number of hydrogen-bond acceptors (Lipinski definition) is 3. The molecule has 5 heteroatoms. The lowest BCUT2D eigenvalue weighted by molar-refractivity contribution is 0.200. The van der Waals surface area contributed by atoms with Crippen LogP contribution in [0.5, 0.6) is 5.75 Å². The van der Waals surface area contributed by atoms with E-state index < -0.39 is 0 Å². The molecule has 3 nitrogen and oxygen atoms in total. The van der Waals surface area contributed by atoms with Crippen LogP contribution in [-0.4, -0.2) is 36.2 Å². The topological polar surface area (TPSA) is 35.5 Å². The molecule has 0 spiro atoms. The summed E-state index contributed by atoms with van der Waals surface area (Å²) >= 11 is 4.46. The first-order chi connectivity index (χ1) is 8.63. The first kappa shape index (κ1) is 14.5. The lowest BCUT2D eigenvalue weighted by Gasteiger charge is -2.33. The van der Waals surface area contributed by atoms with Crippen LogP contribution in [0.2, 0.25) is 0 Å². The number of rotatable bonds is 3. The van der Waals surface area contributed by atoms with Crippen molar-refractivity contribution in [2.45, 2.75) is 6.04 Å². The second kappa shape index (κ2) is 6.53. The summed E-state index contributed by atoms with van der Waals surface area (Å²) in [5.41, 5.74) is 0.961. The van der Waals surface area contributed by atoms with Crippen molar-refractivity contribution in [3.05, 3.63) is 37.5 Å². The number of phenolic OH excluding ortho intramolecular Hbond substituents is 1. The number of hydrogen-bond donors (Lipinski definition) is 2. The van der Waals surface area contributed by atoms with Crippen molar-refractivity contribution in [3.63, 3.8) is 0 Å². The molecule has 1 atom stereocenters. The second-order valence-electron chi connectivity index (χ2n) is 4.29. The molecule has 0 aromatic heterocycles. The predicted octanol–water partition coefficient (Wildman–Crippen LogP) is 2.73. The highest BCUT2D eigenvalue weighted by Crippen LogP contribution is 2.34. The Hall–Kier alpha value is 0.140. The van der Waals surface area contributed by atoms with E-state index in [0.29, 0.717) is 5.75 Å². The fourth-order valence-corrected chi connectivity index (χ4v) is 4.13. The van der Waals surface area contributed by atoms with Gasteiger partial charge in [-0.25, -0.2) is 0 Å². The van der Waals surface area contributed by atoms with Gasteiger partial charge in [-0.3, -0.25) is 4.90 Å². The van der Waals surface area contributed by atoms with E-state index in [1.165, 1.54) is 0 Å². The highest BCUT2D eigenvalue weighted by molar-refractivity contribution is 14.1. The average molecular weight is 470 g/mol. The molecule has 1 aromatic rings. The van der Waals surface area contributed by atoms with Gasteiger partial charge in [-0.2, -0.15) is 0 Å². The molecule has 1 aliphatic heterocycles. The van der Waals surface area contributed by atoms with E-state index in [1.807, 2.05) is 18.2 Å². The van der Waals surface area contributed by atoms with E-state index >= 15 is 0 Å². The summed E-state index contributed by atoms with van der Waals surface area (Å²) in [6.45, 7) is 7.89. The van der Waals surface area contributed by atoms with Gasteiger partial charge in [-0.1, -0.05) is 6.08 Å². The molecule has 0 amide bonds. The van der Waals surface area contributed by atoms with Crippen molar-refractivity contribution >= 4 is 45.2 Å². The molecule has 1 aliphatic rings. The third-order valence-electron chi connectivity index (χ3n) is 3.14. The predicted molar refractivity (Wildman–Crippen MR) is 90.9 cm³/mol. The maximum atomic E-state index is 10.3. The molecule has 0 unspecified atom stereocenters. The number of phenols is 1. The highest BCUT2D eigenvalue weighted by Gasteiger charge is 2.23. The minimum Gasteiger partial charge on any atom is -0.506 e. The molecule has 1 heterocycles. The number of nitrogens with one attached hydrogen (secondary N) is 1. The Labute approximate surface area is 135 Å². The van der Waals surface area contributed by atoms with Crippen molar-refractivity contribution in [3.8, 4) is 5.75 Å². The first-order valence-electron chi connectivity index (χ1n) is 5.88. The Morgan fingerprint density at radius 2 is 2.00 bits per heavy atom. The van der Waals surface area contributed by atoms with Crippen LogP contribution < -0.4 is 5.32 Å². The van der Waals surface area contributed by atoms with Crippen LogP contribution in [0.25, 0.3) is 0 Å². The number of halogens is 2. The van der Waals surface area contributed by atoms with Gasteiger partial charge in [0.15, 0.2) is 0 Å². The van der Waals surface area contributed by atoms with E-state index in [0.717, 1.165) is 38.9 Å². The number of nitrogens with zero attached hydrogens (tertiary/aromatic N) is 1. The van der Waals surface area contributed by atoms with Crippen molar-refractivity contribution in [2.24, 2.45) is 0 Å².